The SMILES string of the molecule is c1ccc(-c2cccc3[nH]c4ccccc4c23)nc1. The average molecular weight is 244 g/mol. The zero-order chi connectivity index (χ0) is 12.7. The number of hydrogen-bond donors (Lipinski definition) is 1. The molecule has 0 unspecified atom stereocenters. The molecule has 2 aromatic carbocycles. The second-order valence-corrected chi connectivity index (χ2v) is 4.61. The van der Waals surface area contributed by atoms with E-state index in [-0.39, 0.29) is 0 Å². The summed E-state index contributed by atoms with van der Waals surface area (Å²) in [5.41, 5.74) is 4.51. The lowest BCUT2D eigenvalue weighted by molar-refractivity contribution is 1.33. The Bertz CT molecular complexity index is 860. The summed E-state index contributed by atoms with van der Waals surface area (Å²) < 4.78 is 0. The maximum Gasteiger partial charge on any atom is 0.0708 e. The zero-order valence-electron chi connectivity index (χ0n) is 10.3. The minimum absolute atomic E-state index is 1.01. The quantitative estimate of drug-likeness (QED) is 0.528. The third kappa shape index (κ3) is 1.54. The van der Waals surface area contributed by atoms with Gasteiger partial charge in [-0.05, 0) is 24.3 Å². The third-order valence-electron chi connectivity index (χ3n) is 3.47. The van der Waals surface area contributed by atoms with E-state index in [1.807, 2.05) is 18.3 Å². The van der Waals surface area contributed by atoms with Crippen LogP contribution in [0.1, 0.15) is 0 Å². The van der Waals surface area contributed by atoms with Crippen molar-refractivity contribution < 1.29 is 0 Å². The molecule has 90 valence electrons. The molecule has 4 rings (SSSR count). The summed E-state index contributed by atoms with van der Waals surface area (Å²) in [6, 6.07) is 20.7. The van der Waals surface area contributed by atoms with Crippen LogP contribution in [0.25, 0.3) is 33.1 Å². The first-order chi connectivity index (χ1) is 9.43. The molecule has 0 spiro atoms. The van der Waals surface area contributed by atoms with Crippen LogP contribution in [0.2, 0.25) is 0 Å². The fourth-order valence-electron chi connectivity index (χ4n) is 2.64. The number of H-pyrrole nitrogens is 1. The van der Waals surface area contributed by atoms with E-state index < -0.39 is 0 Å². The van der Waals surface area contributed by atoms with Crippen LogP contribution in [-0.2, 0) is 0 Å². The molecule has 2 aromatic heterocycles. The molecular formula is C17H12N2. The molecule has 0 aliphatic heterocycles. The first-order valence-corrected chi connectivity index (χ1v) is 6.34. The second-order valence-electron chi connectivity index (χ2n) is 4.61. The van der Waals surface area contributed by atoms with Gasteiger partial charge in [0.2, 0.25) is 0 Å². The van der Waals surface area contributed by atoms with Crippen molar-refractivity contribution in [2.24, 2.45) is 0 Å². The fraction of sp³-hybridized carbons (Fsp3) is 0. The predicted octanol–water partition coefficient (Wildman–Crippen LogP) is 4.38. The standard InChI is InChI=1S/C17H12N2/c1-2-9-15-13(6-1)17-12(7-5-10-16(17)19-15)14-8-3-4-11-18-14/h1-11,19H. The summed E-state index contributed by atoms with van der Waals surface area (Å²) in [5, 5.41) is 2.50. The van der Waals surface area contributed by atoms with Crippen molar-refractivity contribution >= 4 is 21.8 Å². The third-order valence-corrected chi connectivity index (χ3v) is 3.47. The van der Waals surface area contributed by atoms with Gasteiger partial charge in [0.05, 0.1) is 5.69 Å². The van der Waals surface area contributed by atoms with Crippen LogP contribution in [0.4, 0.5) is 0 Å². The number of pyridine rings is 1. The van der Waals surface area contributed by atoms with Crippen molar-refractivity contribution in [1.29, 1.82) is 0 Å². The number of rotatable bonds is 1. The minimum Gasteiger partial charge on any atom is -0.354 e. The number of benzene rings is 2. The Morgan fingerprint density at radius 3 is 2.47 bits per heavy atom. The molecule has 2 heteroatoms. The molecule has 2 heterocycles. The van der Waals surface area contributed by atoms with Crippen LogP contribution < -0.4 is 0 Å². The molecule has 0 amide bonds. The van der Waals surface area contributed by atoms with Gasteiger partial charge in [0.1, 0.15) is 0 Å². The molecule has 0 bridgehead atoms. The summed E-state index contributed by atoms with van der Waals surface area (Å²) >= 11 is 0. The molecule has 0 aliphatic carbocycles. The maximum absolute atomic E-state index is 4.47. The van der Waals surface area contributed by atoms with E-state index in [1.165, 1.54) is 21.9 Å². The van der Waals surface area contributed by atoms with Gasteiger partial charge in [-0.2, -0.15) is 0 Å². The van der Waals surface area contributed by atoms with Crippen LogP contribution in [0, 0.1) is 0 Å². The van der Waals surface area contributed by atoms with Crippen molar-refractivity contribution in [1.82, 2.24) is 9.97 Å². The lowest BCUT2D eigenvalue weighted by Crippen LogP contribution is -1.82. The number of fused-ring (bicyclic) bond motifs is 3. The summed E-state index contributed by atoms with van der Waals surface area (Å²) in [7, 11) is 0. The Hall–Kier alpha value is -2.61. The fourth-order valence-corrected chi connectivity index (χ4v) is 2.64. The number of hydrogen-bond acceptors (Lipinski definition) is 1. The van der Waals surface area contributed by atoms with Crippen LogP contribution >= 0.6 is 0 Å². The van der Waals surface area contributed by atoms with E-state index in [0.29, 0.717) is 0 Å². The van der Waals surface area contributed by atoms with E-state index in [9.17, 15) is 0 Å². The summed E-state index contributed by atoms with van der Waals surface area (Å²) in [6.45, 7) is 0. The molecule has 2 nitrogen and oxygen atoms in total. The highest BCUT2D eigenvalue weighted by atomic mass is 14.7. The molecule has 0 saturated carbocycles. The Labute approximate surface area is 110 Å². The van der Waals surface area contributed by atoms with Crippen molar-refractivity contribution in [2.45, 2.75) is 0 Å². The van der Waals surface area contributed by atoms with Crippen LogP contribution in [0.5, 0.6) is 0 Å². The summed E-state index contributed by atoms with van der Waals surface area (Å²) in [5.74, 6) is 0. The van der Waals surface area contributed by atoms with Gasteiger partial charge >= 0.3 is 0 Å². The molecule has 0 aliphatic rings. The molecule has 19 heavy (non-hydrogen) atoms. The normalized spacial score (nSPS) is 11.2. The Morgan fingerprint density at radius 1 is 0.737 bits per heavy atom. The number of para-hydroxylation sites is 1. The van der Waals surface area contributed by atoms with Crippen molar-refractivity contribution in [3.05, 3.63) is 66.9 Å². The molecule has 0 saturated heterocycles. The van der Waals surface area contributed by atoms with Crippen LogP contribution in [0.3, 0.4) is 0 Å². The largest absolute Gasteiger partial charge is 0.354 e. The van der Waals surface area contributed by atoms with Gasteiger partial charge in [-0.1, -0.05) is 36.4 Å². The molecular weight excluding hydrogens is 232 g/mol. The number of nitrogens with zero attached hydrogens (tertiary/aromatic N) is 1. The monoisotopic (exact) mass is 244 g/mol. The topological polar surface area (TPSA) is 28.7 Å². The molecule has 1 N–H and O–H groups in total. The van der Waals surface area contributed by atoms with Gasteiger partial charge in [0.15, 0.2) is 0 Å². The smallest absolute Gasteiger partial charge is 0.0708 e. The van der Waals surface area contributed by atoms with Crippen molar-refractivity contribution in [2.75, 3.05) is 0 Å². The second kappa shape index (κ2) is 3.95. The first kappa shape index (κ1) is 10.3. The molecule has 4 aromatic rings. The highest BCUT2D eigenvalue weighted by molar-refractivity contribution is 6.13. The highest BCUT2D eigenvalue weighted by Crippen LogP contribution is 2.33. The number of aromatic amines is 1. The van der Waals surface area contributed by atoms with Crippen molar-refractivity contribution in [3.8, 4) is 11.3 Å². The molecule has 0 radical (unpaired) electrons. The lowest BCUT2D eigenvalue weighted by Gasteiger charge is -2.03. The van der Waals surface area contributed by atoms with Gasteiger partial charge < -0.3 is 4.98 Å². The Morgan fingerprint density at radius 2 is 1.58 bits per heavy atom. The zero-order valence-corrected chi connectivity index (χ0v) is 10.3. The van der Waals surface area contributed by atoms with Crippen molar-refractivity contribution in [3.63, 3.8) is 0 Å². The average Bonchev–Trinajstić information content (AvgIpc) is 2.86. The van der Waals surface area contributed by atoms with Crippen LogP contribution in [-0.4, -0.2) is 9.97 Å². The molecule has 0 atom stereocenters. The van der Waals surface area contributed by atoms with Crippen LogP contribution in [0.15, 0.2) is 66.9 Å². The lowest BCUT2D eigenvalue weighted by atomic mass is 10.0. The Balaban J connectivity index is 2.17. The number of nitrogens with one attached hydrogen (secondary N) is 1. The molecule has 0 fully saturated rings. The van der Waals surface area contributed by atoms with Gasteiger partial charge in [-0.3, -0.25) is 4.98 Å². The summed E-state index contributed by atoms with van der Waals surface area (Å²) in [6.07, 6.45) is 1.84. The maximum atomic E-state index is 4.47. The predicted molar refractivity (Wildman–Crippen MR) is 79.0 cm³/mol. The van der Waals surface area contributed by atoms with Gasteiger partial charge in [-0.25, -0.2) is 0 Å². The van der Waals surface area contributed by atoms with E-state index in [4.69, 9.17) is 0 Å². The van der Waals surface area contributed by atoms with E-state index >= 15 is 0 Å². The first-order valence-electron chi connectivity index (χ1n) is 6.34. The minimum atomic E-state index is 1.01. The van der Waals surface area contributed by atoms with Gasteiger partial charge in [0, 0.05) is 33.6 Å². The van der Waals surface area contributed by atoms with E-state index in [0.717, 1.165) is 11.2 Å². The Kier molecular flexibility index (Phi) is 2.15. The number of aromatic nitrogens is 2. The van der Waals surface area contributed by atoms with Gasteiger partial charge in [-0.15, -0.1) is 0 Å². The van der Waals surface area contributed by atoms with Gasteiger partial charge in [0.25, 0.3) is 0 Å². The van der Waals surface area contributed by atoms with E-state index in [2.05, 4.69) is 58.5 Å². The summed E-state index contributed by atoms with van der Waals surface area (Å²) in [4.78, 5) is 7.93. The van der Waals surface area contributed by atoms with E-state index in [1.54, 1.807) is 0 Å². The highest BCUT2D eigenvalue weighted by Gasteiger charge is 2.09.